The maximum absolute atomic E-state index is 14.8. The summed E-state index contributed by atoms with van der Waals surface area (Å²) in [5, 5.41) is 3.37. The maximum Gasteiger partial charge on any atom is 0.261 e. The van der Waals surface area contributed by atoms with E-state index in [1.165, 1.54) is 10.4 Å². The molecule has 5 rings (SSSR count). The van der Waals surface area contributed by atoms with Crippen molar-refractivity contribution in [1.82, 2.24) is 9.97 Å². The standard InChI is InChI=1S/C37H42BrFN2O2Si/c1-25(42-7)34-28(19-14-20-40-34)35-30(29-21-31(38)32(39)22-33(29)41-35)23-37(5,6)24-43-44(36(2,3)4,26-15-10-8-11-16-26)27-17-12-9-13-18-27/h8-22,25,41H,23-24H2,1-7H3/t25-/m0/s1. The van der Waals surface area contributed by atoms with Gasteiger partial charge in [0, 0.05) is 36.4 Å². The van der Waals surface area contributed by atoms with Gasteiger partial charge in [-0.05, 0) is 79.9 Å². The van der Waals surface area contributed by atoms with Crippen LogP contribution in [0.4, 0.5) is 4.39 Å². The van der Waals surface area contributed by atoms with Gasteiger partial charge in [0.05, 0.1) is 22.0 Å². The van der Waals surface area contributed by atoms with Gasteiger partial charge in [-0.25, -0.2) is 4.39 Å². The summed E-state index contributed by atoms with van der Waals surface area (Å²) in [6.45, 7) is 14.0. The first kappa shape index (κ1) is 32.3. The molecule has 0 amide bonds. The second-order valence-corrected chi connectivity index (χ2v) is 18.6. The second kappa shape index (κ2) is 12.7. The minimum atomic E-state index is -2.73. The summed E-state index contributed by atoms with van der Waals surface area (Å²) in [5.41, 5.74) is 4.31. The van der Waals surface area contributed by atoms with Crippen LogP contribution in [0.25, 0.3) is 22.2 Å². The van der Waals surface area contributed by atoms with Gasteiger partial charge in [-0.2, -0.15) is 0 Å². The Morgan fingerprint density at radius 2 is 1.52 bits per heavy atom. The molecule has 0 radical (unpaired) electrons. The first-order chi connectivity index (χ1) is 20.9. The van der Waals surface area contributed by atoms with Gasteiger partial charge in [-0.1, -0.05) is 95.3 Å². The van der Waals surface area contributed by atoms with Crippen molar-refractivity contribution in [2.45, 2.75) is 59.1 Å². The SMILES string of the molecule is CO[C@@H](C)c1ncccc1-c1[nH]c2cc(F)c(Br)cc2c1CC(C)(C)CO[Si](c1ccccc1)(c1ccccc1)C(C)(C)C. The van der Waals surface area contributed by atoms with Crippen LogP contribution in [0.1, 0.15) is 58.9 Å². The summed E-state index contributed by atoms with van der Waals surface area (Å²) in [7, 11) is -1.04. The van der Waals surface area contributed by atoms with E-state index in [4.69, 9.17) is 9.16 Å². The van der Waals surface area contributed by atoms with Gasteiger partial charge in [-0.15, -0.1) is 0 Å². The van der Waals surface area contributed by atoms with E-state index < -0.39 is 8.32 Å². The van der Waals surface area contributed by atoms with Gasteiger partial charge < -0.3 is 14.1 Å². The van der Waals surface area contributed by atoms with Gasteiger partial charge >= 0.3 is 0 Å². The molecule has 2 heterocycles. The molecule has 2 aromatic heterocycles. The Hall–Kier alpha value is -3.10. The molecule has 0 aliphatic carbocycles. The summed E-state index contributed by atoms with van der Waals surface area (Å²) in [6.07, 6.45) is 2.28. The Labute approximate surface area is 270 Å². The Balaban J connectivity index is 1.61. The molecule has 5 aromatic rings. The lowest BCUT2D eigenvalue weighted by Gasteiger charge is -2.44. The van der Waals surface area contributed by atoms with Gasteiger partial charge in [-0.3, -0.25) is 4.98 Å². The summed E-state index contributed by atoms with van der Waals surface area (Å²) < 4.78 is 28.3. The lowest BCUT2D eigenvalue weighted by Crippen LogP contribution is -2.67. The van der Waals surface area contributed by atoms with Gasteiger partial charge in [0.2, 0.25) is 0 Å². The molecule has 1 atom stereocenters. The molecule has 0 bridgehead atoms. The maximum atomic E-state index is 14.8. The van der Waals surface area contributed by atoms with E-state index in [9.17, 15) is 4.39 Å². The predicted molar refractivity (Wildman–Crippen MR) is 186 cm³/mol. The molecule has 1 N–H and O–H groups in total. The van der Waals surface area contributed by atoms with Crippen molar-refractivity contribution >= 4 is 45.5 Å². The molecule has 230 valence electrons. The number of fused-ring (bicyclic) bond motifs is 1. The van der Waals surface area contributed by atoms with Crippen LogP contribution in [0.15, 0.2) is 95.6 Å². The van der Waals surface area contributed by atoms with Crippen LogP contribution >= 0.6 is 15.9 Å². The fraction of sp³-hybridized carbons (Fsp3) is 0.324. The first-order valence-corrected chi connectivity index (χ1v) is 17.8. The van der Waals surface area contributed by atoms with Crippen molar-refractivity contribution in [2.24, 2.45) is 5.41 Å². The van der Waals surface area contributed by atoms with Gasteiger partial charge in [0.1, 0.15) is 5.82 Å². The summed E-state index contributed by atoms with van der Waals surface area (Å²) >= 11 is 3.43. The van der Waals surface area contributed by atoms with E-state index in [0.29, 0.717) is 17.5 Å². The number of hydrogen-bond acceptors (Lipinski definition) is 3. The summed E-state index contributed by atoms with van der Waals surface area (Å²) in [4.78, 5) is 8.23. The summed E-state index contributed by atoms with van der Waals surface area (Å²) in [6, 6.07) is 28.9. The van der Waals surface area contributed by atoms with Crippen molar-refractivity contribution in [3.8, 4) is 11.3 Å². The van der Waals surface area contributed by atoms with Crippen LogP contribution in [-0.2, 0) is 15.6 Å². The predicted octanol–water partition coefficient (Wildman–Crippen LogP) is 8.98. The number of halogens is 2. The smallest absolute Gasteiger partial charge is 0.261 e. The normalized spacial score (nSPS) is 13.4. The van der Waals surface area contributed by atoms with Crippen LogP contribution < -0.4 is 10.4 Å². The van der Waals surface area contributed by atoms with E-state index in [0.717, 1.165) is 33.4 Å². The molecule has 0 spiro atoms. The van der Waals surface area contributed by atoms with Crippen LogP contribution in [0, 0.1) is 11.2 Å². The molecule has 4 nitrogen and oxygen atoms in total. The van der Waals surface area contributed by atoms with E-state index >= 15 is 0 Å². The number of nitrogens with one attached hydrogen (secondary N) is 1. The third-order valence-corrected chi connectivity index (χ3v) is 14.1. The average molecular weight is 674 g/mol. The number of benzene rings is 3. The van der Waals surface area contributed by atoms with Crippen LogP contribution in [0.3, 0.4) is 0 Å². The van der Waals surface area contributed by atoms with Gasteiger partial charge in [0.25, 0.3) is 8.32 Å². The molecule has 7 heteroatoms. The molecule has 0 unspecified atom stereocenters. The topological polar surface area (TPSA) is 47.1 Å². The first-order valence-electron chi connectivity index (χ1n) is 15.1. The fourth-order valence-electron chi connectivity index (χ4n) is 6.32. The van der Waals surface area contributed by atoms with Crippen molar-refractivity contribution in [1.29, 1.82) is 0 Å². The number of aromatic nitrogens is 2. The third kappa shape index (κ3) is 6.20. The zero-order valence-corrected chi connectivity index (χ0v) is 29.3. The van der Waals surface area contributed by atoms with Crippen molar-refractivity contribution in [2.75, 3.05) is 13.7 Å². The molecular formula is C37H42BrFN2O2Si. The molecule has 0 aliphatic rings. The largest absolute Gasteiger partial charge is 0.407 e. The third-order valence-electron chi connectivity index (χ3n) is 8.55. The highest BCUT2D eigenvalue weighted by molar-refractivity contribution is 9.10. The molecule has 44 heavy (non-hydrogen) atoms. The van der Waals surface area contributed by atoms with Crippen LogP contribution in [0.5, 0.6) is 0 Å². The highest BCUT2D eigenvalue weighted by Gasteiger charge is 2.50. The van der Waals surface area contributed by atoms with Crippen LogP contribution in [-0.4, -0.2) is 32.0 Å². The average Bonchev–Trinajstić information content (AvgIpc) is 3.33. The highest BCUT2D eigenvalue weighted by atomic mass is 79.9. The van der Waals surface area contributed by atoms with E-state index in [1.807, 2.05) is 19.1 Å². The molecular weight excluding hydrogens is 631 g/mol. The lowest BCUT2D eigenvalue weighted by molar-refractivity contribution is 0.116. The van der Waals surface area contributed by atoms with Gasteiger partial charge in [0.15, 0.2) is 0 Å². The van der Waals surface area contributed by atoms with E-state index in [2.05, 4.69) is 127 Å². The Morgan fingerprint density at radius 1 is 0.909 bits per heavy atom. The number of rotatable bonds is 10. The van der Waals surface area contributed by atoms with E-state index in [1.54, 1.807) is 19.4 Å². The molecule has 0 fully saturated rings. The molecule has 0 aliphatic heterocycles. The number of hydrogen-bond donors (Lipinski definition) is 1. The monoisotopic (exact) mass is 672 g/mol. The zero-order valence-electron chi connectivity index (χ0n) is 26.7. The van der Waals surface area contributed by atoms with Crippen molar-refractivity contribution in [3.05, 3.63) is 113 Å². The number of pyridine rings is 1. The minimum absolute atomic E-state index is 0.124. The lowest BCUT2D eigenvalue weighted by atomic mass is 9.84. The molecule has 3 aromatic carbocycles. The quantitative estimate of drug-likeness (QED) is 0.151. The number of nitrogens with zero attached hydrogens (tertiary/aromatic N) is 1. The fourth-order valence-corrected chi connectivity index (χ4v) is 11.4. The van der Waals surface area contributed by atoms with Crippen LogP contribution in [0.2, 0.25) is 5.04 Å². The summed E-state index contributed by atoms with van der Waals surface area (Å²) in [5.74, 6) is -0.303. The molecule has 0 saturated carbocycles. The Morgan fingerprint density at radius 3 is 2.09 bits per heavy atom. The molecule has 0 saturated heterocycles. The number of H-pyrrole nitrogens is 1. The minimum Gasteiger partial charge on any atom is -0.407 e. The Bertz CT molecular complexity index is 1690. The zero-order chi connectivity index (χ0) is 31.7. The Kier molecular flexibility index (Phi) is 9.33. The number of ether oxygens (including phenoxy) is 1. The second-order valence-electron chi connectivity index (χ2n) is 13.4. The van der Waals surface area contributed by atoms with Crippen molar-refractivity contribution in [3.63, 3.8) is 0 Å². The number of aromatic amines is 1. The van der Waals surface area contributed by atoms with E-state index in [-0.39, 0.29) is 22.4 Å². The number of methoxy groups -OCH3 is 1. The highest BCUT2D eigenvalue weighted by Crippen LogP contribution is 2.41. The van der Waals surface area contributed by atoms with Crippen molar-refractivity contribution < 1.29 is 13.6 Å².